The van der Waals surface area contributed by atoms with Crippen LogP contribution in [0, 0.1) is 0 Å². The van der Waals surface area contributed by atoms with Gasteiger partial charge in [-0.3, -0.25) is 9.89 Å². The maximum atomic E-state index is 10.7. The molecule has 7 heteroatoms. The minimum atomic E-state index is -0.835. The van der Waals surface area contributed by atoms with Gasteiger partial charge in [0.25, 0.3) is 0 Å². The largest absolute Gasteiger partial charge is 0.387 e. The molecule has 0 aromatic rings. The van der Waals surface area contributed by atoms with E-state index in [0.717, 1.165) is 57.9 Å². The summed E-state index contributed by atoms with van der Waals surface area (Å²) >= 11 is 0. The Balaban J connectivity index is 1.74. The Morgan fingerprint density at radius 1 is 1.22 bits per heavy atom. The summed E-state index contributed by atoms with van der Waals surface area (Å²) in [5.74, 6) is 0.789. The fraction of sp³-hybridized carbons (Fsp3) is 0.950. The lowest BCUT2D eigenvalue weighted by Crippen LogP contribution is -2.48. The van der Waals surface area contributed by atoms with E-state index in [4.69, 9.17) is 4.74 Å². The predicted molar refractivity (Wildman–Crippen MR) is 111 cm³/mol. The Morgan fingerprint density at radius 3 is 2.59 bits per heavy atom. The van der Waals surface area contributed by atoms with E-state index < -0.39 is 5.60 Å². The van der Waals surface area contributed by atoms with Crippen LogP contribution in [0.1, 0.15) is 46.0 Å². The number of hydrogen-bond acceptors (Lipinski definition) is 5. The van der Waals surface area contributed by atoms with E-state index in [0.29, 0.717) is 13.1 Å². The first-order valence-corrected chi connectivity index (χ1v) is 10.7. The Hall–Kier alpha value is -0.890. The average Bonchev–Trinajstić information content (AvgIpc) is 2.67. The number of guanidine groups is 1. The molecule has 0 spiro atoms. The van der Waals surface area contributed by atoms with Gasteiger partial charge in [-0.1, -0.05) is 19.3 Å². The normalized spacial score (nSPS) is 22.6. The summed E-state index contributed by atoms with van der Waals surface area (Å²) in [7, 11) is 2.23. The summed E-state index contributed by atoms with van der Waals surface area (Å²) < 4.78 is 5.38. The van der Waals surface area contributed by atoms with Gasteiger partial charge in [0.2, 0.25) is 0 Å². The van der Waals surface area contributed by atoms with Crippen LogP contribution in [0.3, 0.4) is 0 Å². The molecule has 7 nitrogen and oxygen atoms in total. The molecule has 1 aliphatic carbocycles. The number of hydrogen-bond donors (Lipinski definition) is 3. The number of aliphatic imine (C=N–C) groups is 1. The molecule has 2 rings (SSSR count). The lowest BCUT2D eigenvalue weighted by Gasteiger charge is -2.33. The summed E-state index contributed by atoms with van der Waals surface area (Å²) in [6, 6.07) is 0.731. The first-order valence-electron chi connectivity index (χ1n) is 10.7. The second-order valence-corrected chi connectivity index (χ2v) is 8.28. The van der Waals surface area contributed by atoms with Gasteiger partial charge < -0.3 is 25.4 Å². The first-order chi connectivity index (χ1) is 13.0. The standard InChI is InChI=1S/C20H41N5O2/c1-4-21-19(22-10-11-24(3)18-8-6-5-7-9-18)23-16-20(2,26)17-25-12-14-27-15-13-25/h18,26H,4-17H2,1-3H3,(H2,21,22,23). The smallest absolute Gasteiger partial charge is 0.191 e. The molecule has 1 atom stereocenters. The molecule has 0 aromatic heterocycles. The minimum absolute atomic E-state index is 0.387. The highest BCUT2D eigenvalue weighted by Gasteiger charge is 2.25. The van der Waals surface area contributed by atoms with E-state index >= 15 is 0 Å². The number of ether oxygens (including phenoxy) is 1. The first kappa shape index (κ1) is 22.4. The van der Waals surface area contributed by atoms with Gasteiger partial charge in [-0.05, 0) is 33.7 Å². The van der Waals surface area contributed by atoms with Crippen LogP contribution in [-0.2, 0) is 4.74 Å². The van der Waals surface area contributed by atoms with Crippen molar-refractivity contribution in [2.45, 2.75) is 57.6 Å². The second-order valence-electron chi connectivity index (χ2n) is 8.28. The van der Waals surface area contributed by atoms with Gasteiger partial charge in [0, 0.05) is 45.3 Å². The summed E-state index contributed by atoms with van der Waals surface area (Å²) in [6.07, 6.45) is 6.78. The Morgan fingerprint density at radius 2 is 1.93 bits per heavy atom. The van der Waals surface area contributed by atoms with Crippen molar-refractivity contribution in [1.82, 2.24) is 20.4 Å². The van der Waals surface area contributed by atoms with Gasteiger partial charge in [-0.25, -0.2) is 0 Å². The number of nitrogens with one attached hydrogen (secondary N) is 2. The van der Waals surface area contributed by atoms with Gasteiger partial charge in [-0.2, -0.15) is 0 Å². The molecule has 0 bridgehead atoms. The molecule has 3 N–H and O–H groups in total. The zero-order valence-corrected chi connectivity index (χ0v) is 17.7. The van der Waals surface area contributed by atoms with Gasteiger partial charge in [0.1, 0.15) is 0 Å². The lowest BCUT2D eigenvalue weighted by molar-refractivity contribution is -0.0180. The second kappa shape index (κ2) is 11.8. The zero-order valence-electron chi connectivity index (χ0n) is 17.7. The van der Waals surface area contributed by atoms with E-state index in [2.05, 4.69) is 39.4 Å². The minimum Gasteiger partial charge on any atom is -0.387 e. The number of likely N-dealkylation sites (N-methyl/N-ethyl adjacent to an activating group) is 1. The lowest BCUT2D eigenvalue weighted by atomic mass is 9.94. The Bertz CT molecular complexity index is 432. The quantitative estimate of drug-likeness (QED) is 0.406. The molecule has 1 heterocycles. The van der Waals surface area contributed by atoms with E-state index in [1.54, 1.807) is 0 Å². The van der Waals surface area contributed by atoms with Crippen LogP contribution in [0.2, 0.25) is 0 Å². The number of β-amino-alcohol motifs (C(OH)–C–C–N with tert-alkyl or cyclic N) is 1. The number of rotatable bonds is 9. The van der Waals surface area contributed by atoms with Crippen molar-refractivity contribution in [3.05, 3.63) is 0 Å². The molecular weight excluding hydrogens is 342 g/mol. The molecule has 27 heavy (non-hydrogen) atoms. The van der Waals surface area contributed by atoms with Crippen molar-refractivity contribution >= 4 is 5.96 Å². The van der Waals surface area contributed by atoms with Crippen LogP contribution in [0.5, 0.6) is 0 Å². The van der Waals surface area contributed by atoms with Crippen molar-refractivity contribution in [2.75, 3.05) is 66.1 Å². The fourth-order valence-electron chi connectivity index (χ4n) is 3.94. The van der Waals surface area contributed by atoms with Crippen molar-refractivity contribution in [2.24, 2.45) is 4.99 Å². The molecule has 1 saturated carbocycles. The Kier molecular flexibility index (Phi) is 9.82. The fourth-order valence-corrected chi connectivity index (χ4v) is 3.94. The highest BCUT2D eigenvalue weighted by Crippen LogP contribution is 2.21. The SMILES string of the molecule is CCNC(=NCC(C)(O)CN1CCOCC1)NCCN(C)C1CCCCC1. The van der Waals surface area contributed by atoms with Crippen molar-refractivity contribution in [3.63, 3.8) is 0 Å². The van der Waals surface area contributed by atoms with Crippen molar-refractivity contribution in [3.8, 4) is 0 Å². The molecule has 0 amide bonds. The zero-order chi connectivity index (χ0) is 19.5. The van der Waals surface area contributed by atoms with Crippen LogP contribution >= 0.6 is 0 Å². The molecule has 2 fully saturated rings. The molecular formula is C20H41N5O2. The third kappa shape index (κ3) is 8.77. The van der Waals surface area contributed by atoms with Gasteiger partial charge >= 0.3 is 0 Å². The van der Waals surface area contributed by atoms with Crippen LogP contribution in [0.4, 0.5) is 0 Å². The number of morpholine rings is 1. The van der Waals surface area contributed by atoms with E-state index in [1.807, 2.05) is 6.92 Å². The third-order valence-corrected chi connectivity index (χ3v) is 5.54. The monoisotopic (exact) mass is 383 g/mol. The van der Waals surface area contributed by atoms with Gasteiger partial charge in [0.05, 0.1) is 25.4 Å². The topological polar surface area (TPSA) is 72.4 Å². The Labute approximate surface area is 165 Å². The maximum absolute atomic E-state index is 10.7. The summed E-state index contributed by atoms with van der Waals surface area (Å²) in [4.78, 5) is 9.35. The highest BCUT2D eigenvalue weighted by molar-refractivity contribution is 5.79. The van der Waals surface area contributed by atoms with Gasteiger partial charge in [-0.15, -0.1) is 0 Å². The van der Waals surface area contributed by atoms with E-state index in [1.165, 1.54) is 32.1 Å². The van der Waals surface area contributed by atoms with Crippen LogP contribution in [-0.4, -0.2) is 98.6 Å². The molecule has 1 aliphatic heterocycles. The van der Waals surface area contributed by atoms with Crippen molar-refractivity contribution in [1.29, 1.82) is 0 Å². The molecule has 1 unspecified atom stereocenters. The summed E-state index contributed by atoms with van der Waals surface area (Å²) in [5, 5.41) is 17.4. The molecule has 2 aliphatic rings. The molecule has 158 valence electrons. The van der Waals surface area contributed by atoms with Crippen molar-refractivity contribution < 1.29 is 9.84 Å². The van der Waals surface area contributed by atoms with Crippen LogP contribution in [0.15, 0.2) is 4.99 Å². The van der Waals surface area contributed by atoms with Crippen LogP contribution in [0.25, 0.3) is 0 Å². The van der Waals surface area contributed by atoms with E-state index in [-0.39, 0.29) is 0 Å². The predicted octanol–water partition coefficient (Wildman–Crippen LogP) is 0.889. The van der Waals surface area contributed by atoms with Crippen LogP contribution < -0.4 is 10.6 Å². The average molecular weight is 384 g/mol. The highest BCUT2D eigenvalue weighted by atomic mass is 16.5. The molecule has 0 radical (unpaired) electrons. The number of aliphatic hydroxyl groups is 1. The number of nitrogens with zero attached hydrogens (tertiary/aromatic N) is 3. The third-order valence-electron chi connectivity index (χ3n) is 5.54. The van der Waals surface area contributed by atoms with E-state index in [9.17, 15) is 5.11 Å². The maximum Gasteiger partial charge on any atom is 0.191 e. The molecule has 1 saturated heterocycles. The summed E-state index contributed by atoms with van der Waals surface area (Å²) in [5.41, 5.74) is -0.835. The molecule has 0 aromatic carbocycles. The van der Waals surface area contributed by atoms with Gasteiger partial charge in [0.15, 0.2) is 5.96 Å². The summed E-state index contributed by atoms with van der Waals surface area (Å²) in [6.45, 7) is 10.9.